The minimum absolute atomic E-state index is 0.297. The molecular weight excluding hydrogens is 260 g/mol. The standard InChI is InChI=1S/C11H17BrOS/c1-3-8(4-2)7-10(13)11-9(12)5-6-14-11/h5-6,8,10,13H,3-4,7H2,1-2H3. The normalized spacial score (nSPS) is 13.5. The number of rotatable bonds is 5. The number of halogens is 1. The van der Waals surface area contributed by atoms with Crippen molar-refractivity contribution < 1.29 is 5.11 Å². The van der Waals surface area contributed by atoms with Gasteiger partial charge in [0.1, 0.15) is 0 Å². The largest absolute Gasteiger partial charge is 0.388 e. The van der Waals surface area contributed by atoms with E-state index in [0.717, 1.165) is 28.6 Å². The van der Waals surface area contributed by atoms with Gasteiger partial charge in [0, 0.05) is 9.35 Å². The molecule has 0 spiro atoms. The first kappa shape index (κ1) is 12.2. The lowest BCUT2D eigenvalue weighted by atomic mass is 9.95. The van der Waals surface area contributed by atoms with E-state index in [-0.39, 0.29) is 6.10 Å². The second-order valence-corrected chi connectivity index (χ2v) is 5.37. The van der Waals surface area contributed by atoms with E-state index in [4.69, 9.17) is 0 Å². The highest BCUT2D eigenvalue weighted by Gasteiger charge is 2.16. The zero-order chi connectivity index (χ0) is 10.6. The summed E-state index contributed by atoms with van der Waals surface area (Å²) in [6, 6.07) is 2.00. The first-order valence-corrected chi connectivity index (χ1v) is 6.77. The summed E-state index contributed by atoms with van der Waals surface area (Å²) in [4.78, 5) is 1.07. The molecule has 0 aliphatic carbocycles. The van der Waals surface area contributed by atoms with Gasteiger partial charge in [0.05, 0.1) is 6.10 Å². The van der Waals surface area contributed by atoms with Crippen LogP contribution in [0.15, 0.2) is 15.9 Å². The molecule has 0 saturated heterocycles. The second-order valence-electron chi connectivity index (χ2n) is 3.57. The van der Waals surface area contributed by atoms with Crippen molar-refractivity contribution in [1.82, 2.24) is 0 Å². The SMILES string of the molecule is CCC(CC)CC(O)c1sccc1Br. The van der Waals surface area contributed by atoms with E-state index in [2.05, 4.69) is 29.8 Å². The van der Waals surface area contributed by atoms with Crippen LogP contribution in [-0.2, 0) is 0 Å². The fourth-order valence-corrected chi connectivity index (χ4v) is 3.22. The molecule has 1 atom stereocenters. The van der Waals surface area contributed by atoms with Gasteiger partial charge in [0.25, 0.3) is 0 Å². The molecule has 0 radical (unpaired) electrons. The molecule has 0 aromatic carbocycles. The molecule has 14 heavy (non-hydrogen) atoms. The van der Waals surface area contributed by atoms with Crippen LogP contribution in [0.25, 0.3) is 0 Å². The molecule has 0 bridgehead atoms. The van der Waals surface area contributed by atoms with E-state index in [1.165, 1.54) is 0 Å². The molecule has 3 heteroatoms. The maximum absolute atomic E-state index is 10.0. The van der Waals surface area contributed by atoms with Crippen LogP contribution in [0.4, 0.5) is 0 Å². The summed E-state index contributed by atoms with van der Waals surface area (Å²) >= 11 is 5.07. The third-order valence-electron chi connectivity index (χ3n) is 2.66. The number of hydrogen-bond donors (Lipinski definition) is 1. The zero-order valence-electron chi connectivity index (χ0n) is 8.66. The zero-order valence-corrected chi connectivity index (χ0v) is 11.1. The molecule has 1 nitrogen and oxygen atoms in total. The topological polar surface area (TPSA) is 20.2 Å². The third kappa shape index (κ3) is 3.07. The average Bonchev–Trinajstić information content (AvgIpc) is 2.60. The summed E-state index contributed by atoms with van der Waals surface area (Å²) in [6.45, 7) is 4.37. The number of hydrogen-bond acceptors (Lipinski definition) is 2. The number of aliphatic hydroxyl groups is 1. The maximum atomic E-state index is 10.0. The van der Waals surface area contributed by atoms with Crippen LogP contribution in [0.3, 0.4) is 0 Å². The number of aliphatic hydroxyl groups excluding tert-OH is 1. The Kier molecular flexibility index (Phi) is 5.13. The second kappa shape index (κ2) is 5.89. The summed E-state index contributed by atoms with van der Waals surface area (Å²) in [5.41, 5.74) is 0. The molecule has 80 valence electrons. The Labute approximate surface area is 98.3 Å². The average molecular weight is 277 g/mol. The van der Waals surface area contributed by atoms with Gasteiger partial charge in [-0.1, -0.05) is 26.7 Å². The van der Waals surface area contributed by atoms with E-state index < -0.39 is 0 Å². The smallest absolute Gasteiger partial charge is 0.0896 e. The lowest BCUT2D eigenvalue weighted by Crippen LogP contribution is -2.05. The Morgan fingerprint density at radius 3 is 2.50 bits per heavy atom. The third-order valence-corrected chi connectivity index (χ3v) is 4.63. The molecule has 0 saturated carbocycles. The molecule has 1 heterocycles. The molecule has 0 amide bonds. The highest BCUT2D eigenvalue weighted by atomic mass is 79.9. The fourth-order valence-electron chi connectivity index (χ4n) is 1.59. The summed E-state index contributed by atoms with van der Waals surface area (Å²) in [5.74, 6) is 0.638. The lowest BCUT2D eigenvalue weighted by Gasteiger charge is -2.16. The molecule has 0 fully saturated rings. The van der Waals surface area contributed by atoms with Crippen molar-refractivity contribution in [2.24, 2.45) is 5.92 Å². The Morgan fingerprint density at radius 2 is 2.07 bits per heavy atom. The quantitative estimate of drug-likeness (QED) is 0.847. The van der Waals surface area contributed by atoms with Crippen molar-refractivity contribution in [2.45, 2.75) is 39.2 Å². The molecule has 1 aromatic rings. The summed E-state index contributed by atoms with van der Waals surface area (Å²) in [6.07, 6.45) is 2.88. The minimum atomic E-state index is -0.297. The first-order valence-electron chi connectivity index (χ1n) is 5.09. The molecule has 0 aliphatic rings. The first-order chi connectivity index (χ1) is 6.69. The van der Waals surface area contributed by atoms with Gasteiger partial charge in [0.2, 0.25) is 0 Å². The van der Waals surface area contributed by atoms with Crippen molar-refractivity contribution >= 4 is 27.3 Å². The summed E-state index contributed by atoms with van der Waals surface area (Å²) in [5, 5.41) is 12.0. The lowest BCUT2D eigenvalue weighted by molar-refractivity contribution is 0.144. The van der Waals surface area contributed by atoms with Crippen molar-refractivity contribution in [3.05, 3.63) is 20.8 Å². The maximum Gasteiger partial charge on any atom is 0.0896 e. The monoisotopic (exact) mass is 276 g/mol. The predicted octanol–water partition coefficient (Wildman–Crippen LogP) is 4.37. The predicted molar refractivity (Wildman–Crippen MR) is 65.7 cm³/mol. The van der Waals surface area contributed by atoms with Gasteiger partial charge < -0.3 is 5.11 Å². The molecule has 1 N–H and O–H groups in total. The van der Waals surface area contributed by atoms with Crippen molar-refractivity contribution in [2.75, 3.05) is 0 Å². The van der Waals surface area contributed by atoms with Crippen molar-refractivity contribution in [3.63, 3.8) is 0 Å². The van der Waals surface area contributed by atoms with Gasteiger partial charge in [-0.15, -0.1) is 11.3 Å². The van der Waals surface area contributed by atoms with Crippen LogP contribution in [0.5, 0.6) is 0 Å². The highest BCUT2D eigenvalue weighted by molar-refractivity contribution is 9.10. The Balaban J connectivity index is 2.58. The molecule has 1 rings (SSSR count). The fraction of sp³-hybridized carbons (Fsp3) is 0.636. The van der Waals surface area contributed by atoms with Crippen molar-refractivity contribution in [3.8, 4) is 0 Å². The van der Waals surface area contributed by atoms with Gasteiger partial charge in [-0.3, -0.25) is 0 Å². The molecule has 1 unspecified atom stereocenters. The Morgan fingerprint density at radius 1 is 1.43 bits per heavy atom. The van der Waals surface area contributed by atoms with Gasteiger partial charge >= 0.3 is 0 Å². The Hall–Kier alpha value is 0.140. The van der Waals surface area contributed by atoms with Crippen LogP contribution in [-0.4, -0.2) is 5.11 Å². The van der Waals surface area contributed by atoms with Crippen LogP contribution >= 0.6 is 27.3 Å². The van der Waals surface area contributed by atoms with Crippen LogP contribution in [0, 0.1) is 5.92 Å². The van der Waals surface area contributed by atoms with Gasteiger partial charge in [-0.05, 0) is 39.7 Å². The van der Waals surface area contributed by atoms with Gasteiger partial charge in [-0.25, -0.2) is 0 Å². The molecule has 1 aromatic heterocycles. The molecule has 0 aliphatic heterocycles. The summed E-state index contributed by atoms with van der Waals surface area (Å²) < 4.78 is 1.04. The summed E-state index contributed by atoms with van der Waals surface area (Å²) in [7, 11) is 0. The van der Waals surface area contributed by atoms with E-state index in [1.54, 1.807) is 11.3 Å². The van der Waals surface area contributed by atoms with E-state index in [0.29, 0.717) is 5.92 Å². The van der Waals surface area contributed by atoms with Gasteiger partial charge in [0.15, 0.2) is 0 Å². The van der Waals surface area contributed by atoms with Crippen LogP contribution in [0.2, 0.25) is 0 Å². The molecular formula is C11H17BrOS. The minimum Gasteiger partial charge on any atom is -0.388 e. The highest BCUT2D eigenvalue weighted by Crippen LogP contribution is 2.33. The van der Waals surface area contributed by atoms with E-state index in [9.17, 15) is 5.11 Å². The number of thiophene rings is 1. The Bertz CT molecular complexity index is 268. The van der Waals surface area contributed by atoms with Crippen LogP contribution in [0.1, 0.15) is 44.1 Å². The van der Waals surface area contributed by atoms with Crippen molar-refractivity contribution in [1.29, 1.82) is 0 Å². The van der Waals surface area contributed by atoms with E-state index in [1.807, 2.05) is 11.4 Å². The van der Waals surface area contributed by atoms with Gasteiger partial charge in [-0.2, -0.15) is 0 Å². The van der Waals surface area contributed by atoms with Crippen LogP contribution < -0.4 is 0 Å². The van der Waals surface area contributed by atoms with E-state index >= 15 is 0 Å².